The van der Waals surface area contributed by atoms with Gasteiger partial charge in [0.1, 0.15) is 0 Å². The molecule has 5 N–H and O–H groups in total. The summed E-state index contributed by atoms with van der Waals surface area (Å²) >= 11 is 0. The maximum Gasteiger partial charge on any atom is 1.00 e. The number of rotatable bonds is 6. The van der Waals surface area contributed by atoms with Crippen LogP contribution in [0.25, 0.3) is 0 Å². The molecule has 0 heterocycles. The molecule has 90 valence electrons. The van der Waals surface area contributed by atoms with Gasteiger partial charge in [-0.05, 0) is 0 Å². The number of nitrogens with one attached hydrogen (secondary N) is 1. The molecule has 9 nitrogen and oxygen atoms in total. The molecule has 0 rings (SSSR count). The monoisotopic (exact) mass is 259 g/mol. The van der Waals surface area contributed by atoms with Crippen molar-refractivity contribution in [1.29, 1.82) is 0 Å². The van der Waals surface area contributed by atoms with Crippen LogP contribution in [0.1, 0.15) is 1.43 Å². The summed E-state index contributed by atoms with van der Waals surface area (Å²) in [6.07, 6.45) is 0. The van der Waals surface area contributed by atoms with Gasteiger partial charge in [-0.3, -0.25) is 18.8 Å². The Labute approximate surface area is 111 Å². The molecule has 0 spiro atoms. The van der Waals surface area contributed by atoms with E-state index in [0.29, 0.717) is 0 Å². The zero-order valence-electron chi connectivity index (χ0n) is 9.16. The van der Waals surface area contributed by atoms with E-state index in [1.807, 2.05) is 0 Å². The van der Waals surface area contributed by atoms with Crippen LogP contribution in [0, 0.1) is 0 Å². The molecule has 11 heteroatoms. The van der Waals surface area contributed by atoms with Gasteiger partial charge < -0.3 is 11.6 Å². The van der Waals surface area contributed by atoms with E-state index in [1.165, 1.54) is 0 Å². The minimum Gasteiger partial charge on any atom is -1.00 e. The van der Waals surface area contributed by atoms with Crippen molar-refractivity contribution in [2.75, 3.05) is 26.4 Å². The number of hydrogen-bond acceptors (Lipinski definition) is 7. The van der Waals surface area contributed by atoms with Crippen LogP contribution in [-0.4, -0.2) is 54.2 Å². The smallest absolute Gasteiger partial charge is 1.00 e. The van der Waals surface area contributed by atoms with Crippen molar-refractivity contribution in [3.8, 4) is 0 Å². The van der Waals surface area contributed by atoms with Gasteiger partial charge in [0.15, 0.2) is 0 Å². The fraction of sp³-hybridized carbons (Fsp3) is 1.00. The van der Waals surface area contributed by atoms with E-state index in [9.17, 15) is 0 Å². The SMILES string of the molecule is O=S(=O)(O)O.OCCONOCCO.[H-].[Na+]. The molecular weight excluding hydrogens is 245 g/mol. The Hall–Kier alpha value is 0.670. The fourth-order valence-electron chi connectivity index (χ4n) is 0.216. The molecule has 0 radical (unpaired) electrons. The van der Waals surface area contributed by atoms with Gasteiger partial charge in [-0.2, -0.15) is 8.42 Å². The fourth-order valence-corrected chi connectivity index (χ4v) is 0.216. The minimum atomic E-state index is -4.67. The van der Waals surface area contributed by atoms with Gasteiger partial charge in [-0.1, -0.05) is 5.64 Å². The molecule has 0 aliphatic rings. The Morgan fingerprint density at radius 2 is 1.33 bits per heavy atom. The van der Waals surface area contributed by atoms with Crippen LogP contribution >= 0.6 is 0 Å². The number of aliphatic hydroxyl groups is 2. The van der Waals surface area contributed by atoms with Crippen LogP contribution in [-0.2, 0) is 20.1 Å². The molecule has 0 aromatic carbocycles. The zero-order valence-corrected chi connectivity index (χ0v) is 11.0. The first-order valence-corrected chi connectivity index (χ1v) is 4.71. The maximum atomic E-state index is 8.74. The third-order valence-corrected chi connectivity index (χ3v) is 0.505. The van der Waals surface area contributed by atoms with E-state index in [0.717, 1.165) is 0 Å². The molecule has 0 aliphatic carbocycles. The van der Waals surface area contributed by atoms with Crippen molar-refractivity contribution in [1.82, 2.24) is 5.64 Å². The van der Waals surface area contributed by atoms with E-state index >= 15 is 0 Å². The van der Waals surface area contributed by atoms with Crippen molar-refractivity contribution in [3.63, 3.8) is 0 Å². The van der Waals surface area contributed by atoms with Crippen LogP contribution in [0.5, 0.6) is 0 Å². The quantitative estimate of drug-likeness (QED) is 0.137. The van der Waals surface area contributed by atoms with E-state index in [2.05, 4.69) is 15.3 Å². The molecule has 15 heavy (non-hydrogen) atoms. The van der Waals surface area contributed by atoms with Crippen molar-refractivity contribution < 1.29 is 68.4 Å². The normalized spacial score (nSPS) is 9.87. The van der Waals surface area contributed by atoms with Gasteiger partial charge in [-0.25, -0.2) is 0 Å². The third kappa shape index (κ3) is 52.9. The summed E-state index contributed by atoms with van der Waals surface area (Å²) in [6, 6.07) is 0. The molecule has 0 unspecified atom stereocenters. The maximum absolute atomic E-state index is 8.74. The second kappa shape index (κ2) is 14.7. The molecule has 0 fully saturated rings. The predicted molar refractivity (Wildman–Crippen MR) is 44.5 cm³/mol. The van der Waals surface area contributed by atoms with Gasteiger partial charge in [0.25, 0.3) is 0 Å². The Bertz CT molecular complexity index is 188. The van der Waals surface area contributed by atoms with E-state index in [4.69, 9.17) is 27.7 Å². The number of hydrogen-bond donors (Lipinski definition) is 5. The summed E-state index contributed by atoms with van der Waals surface area (Å²) in [6.45, 7) is 0.224. The van der Waals surface area contributed by atoms with Crippen molar-refractivity contribution in [2.24, 2.45) is 0 Å². The Morgan fingerprint density at radius 1 is 1.07 bits per heavy atom. The van der Waals surface area contributed by atoms with Crippen LogP contribution < -0.4 is 35.2 Å². The molecular formula is C4H14NNaO8S. The Kier molecular flexibility index (Phi) is 20.5. The first kappa shape index (κ1) is 21.0. The molecule has 0 aromatic rings. The first-order valence-electron chi connectivity index (χ1n) is 3.32. The molecule has 0 aromatic heterocycles. The first-order chi connectivity index (χ1) is 6.41. The van der Waals surface area contributed by atoms with Crippen LogP contribution in [0.2, 0.25) is 0 Å². The van der Waals surface area contributed by atoms with E-state index in [1.54, 1.807) is 0 Å². The van der Waals surface area contributed by atoms with E-state index in [-0.39, 0.29) is 57.4 Å². The summed E-state index contributed by atoms with van der Waals surface area (Å²) < 4.78 is 31.6. The topological polar surface area (TPSA) is 146 Å². The van der Waals surface area contributed by atoms with Gasteiger partial charge in [0.2, 0.25) is 0 Å². The summed E-state index contributed by atoms with van der Waals surface area (Å²) in [5, 5.41) is 16.3. The number of aliphatic hydroxyl groups excluding tert-OH is 2. The third-order valence-electron chi connectivity index (χ3n) is 0.505. The summed E-state index contributed by atoms with van der Waals surface area (Å²) in [5.41, 5.74) is 2.07. The molecule has 0 bridgehead atoms. The molecule has 0 aliphatic heterocycles. The second-order valence-corrected chi connectivity index (χ2v) is 2.57. The van der Waals surface area contributed by atoms with E-state index < -0.39 is 10.4 Å². The summed E-state index contributed by atoms with van der Waals surface area (Å²) in [7, 11) is -4.67. The van der Waals surface area contributed by atoms with Crippen LogP contribution in [0.4, 0.5) is 0 Å². The Balaban J connectivity index is -0.0000000904. The average Bonchev–Trinajstić information content (AvgIpc) is 2.01. The molecule has 0 atom stereocenters. The average molecular weight is 259 g/mol. The van der Waals surface area contributed by atoms with Gasteiger partial charge >= 0.3 is 40.0 Å². The van der Waals surface area contributed by atoms with Gasteiger partial charge in [-0.15, -0.1) is 0 Å². The predicted octanol–water partition coefficient (Wildman–Crippen LogP) is -5.11. The second-order valence-electron chi connectivity index (χ2n) is 1.68. The molecule has 0 saturated carbocycles. The van der Waals surface area contributed by atoms with Crippen LogP contribution in [0.3, 0.4) is 0 Å². The zero-order chi connectivity index (χ0) is 11.4. The van der Waals surface area contributed by atoms with Gasteiger partial charge in [0, 0.05) is 0 Å². The van der Waals surface area contributed by atoms with Crippen molar-refractivity contribution in [3.05, 3.63) is 0 Å². The summed E-state index contributed by atoms with van der Waals surface area (Å²) in [5.74, 6) is 0. The summed E-state index contributed by atoms with van der Waals surface area (Å²) in [4.78, 5) is 8.90. The standard InChI is InChI=1S/C4H11NO4.Na.H2O4S.H/c6-1-3-8-5-9-4-2-7;;1-5(2,3)4;/h5-7H,1-4H2;;(H2,1,2,3,4);/q;+1;;-1. The largest absolute Gasteiger partial charge is 1.00 e. The minimum absolute atomic E-state index is 0. The van der Waals surface area contributed by atoms with Crippen molar-refractivity contribution >= 4 is 10.4 Å². The molecule has 0 saturated heterocycles. The van der Waals surface area contributed by atoms with Crippen LogP contribution in [0.15, 0.2) is 0 Å². The van der Waals surface area contributed by atoms with Gasteiger partial charge in [0.05, 0.1) is 26.4 Å². The molecule has 0 amide bonds. The van der Waals surface area contributed by atoms with Crippen molar-refractivity contribution in [2.45, 2.75) is 0 Å². The Morgan fingerprint density at radius 3 is 1.53 bits per heavy atom.